The van der Waals surface area contributed by atoms with Gasteiger partial charge in [0.1, 0.15) is 0 Å². The number of rotatable bonds is 7. The Morgan fingerprint density at radius 1 is 1.29 bits per heavy atom. The van der Waals surface area contributed by atoms with E-state index in [1.54, 1.807) is 0 Å². The first-order chi connectivity index (χ1) is 13.5. The number of carbonyl (C=O) groups is 2. The highest BCUT2D eigenvalue weighted by atomic mass is 32.1. The topological polar surface area (TPSA) is 62.3 Å². The lowest BCUT2D eigenvalue weighted by Crippen LogP contribution is -2.40. The summed E-state index contributed by atoms with van der Waals surface area (Å²) in [5, 5.41) is 5.24. The maximum Gasteiger partial charge on any atom is 0.228 e. The summed E-state index contributed by atoms with van der Waals surface area (Å²) in [7, 11) is 0. The summed E-state index contributed by atoms with van der Waals surface area (Å²) in [5.41, 5.74) is 2.04. The SMILES string of the molecule is CC[C@H](c1ccccc1)[C@H]1CCCN1C(=O)Cc1csc(NC(=O)C(C)C)n1. The first-order valence-electron chi connectivity index (χ1n) is 10.1. The van der Waals surface area contributed by atoms with Crippen LogP contribution in [-0.2, 0) is 16.0 Å². The van der Waals surface area contributed by atoms with E-state index < -0.39 is 0 Å². The molecule has 1 aliphatic rings. The van der Waals surface area contributed by atoms with Crippen molar-refractivity contribution in [1.82, 2.24) is 9.88 Å². The summed E-state index contributed by atoms with van der Waals surface area (Å²) < 4.78 is 0. The molecule has 3 rings (SSSR count). The minimum atomic E-state index is -0.0942. The fourth-order valence-electron chi connectivity index (χ4n) is 3.90. The third kappa shape index (κ3) is 4.79. The average Bonchev–Trinajstić information content (AvgIpc) is 3.33. The highest BCUT2D eigenvalue weighted by Gasteiger charge is 2.34. The molecule has 1 fully saturated rings. The van der Waals surface area contributed by atoms with Crippen LogP contribution in [0.25, 0.3) is 0 Å². The Morgan fingerprint density at radius 3 is 2.71 bits per heavy atom. The molecule has 0 saturated carbocycles. The van der Waals surface area contributed by atoms with Crippen LogP contribution in [0.5, 0.6) is 0 Å². The number of aromatic nitrogens is 1. The van der Waals surface area contributed by atoms with Gasteiger partial charge in [-0.1, -0.05) is 51.1 Å². The molecule has 0 aliphatic carbocycles. The van der Waals surface area contributed by atoms with Crippen molar-refractivity contribution in [2.24, 2.45) is 5.92 Å². The third-order valence-electron chi connectivity index (χ3n) is 5.39. The summed E-state index contributed by atoms with van der Waals surface area (Å²) in [4.78, 5) is 31.3. The molecule has 1 saturated heterocycles. The molecule has 0 bridgehead atoms. The molecule has 2 aromatic rings. The van der Waals surface area contributed by atoms with E-state index in [9.17, 15) is 9.59 Å². The predicted molar refractivity (Wildman–Crippen MR) is 113 cm³/mol. The van der Waals surface area contributed by atoms with E-state index in [4.69, 9.17) is 0 Å². The second kappa shape index (κ2) is 9.32. The predicted octanol–water partition coefficient (Wildman–Crippen LogP) is 4.46. The van der Waals surface area contributed by atoms with Crippen LogP contribution in [0.4, 0.5) is 5.13 Å². The third-order valence-corrected chi connectivity index (χ3v) is 6.20. The quantitative estimate of drug-likeness (QED) is 0.747. The molecule has 0 spiro atoms. The zero-order valence-electron chi connectivity index (χ0n) is 16.9. The van der Waals surface area contributed by atoms with Gasteiger partial charge in [0.15, 0.2) is 5.13 Å². The Hall–Kier alpha value is -2.21. The number of hydrogen-bond donors (Lipinski definition) is 1. The Kier molecular flexibility index (Phi) is 6.83. The highest BCUT2D eigenvalue weighted by Crippen LogP contribution is 2.34. The molecule has 150 valence electrons. The Bertz CT molecular complexity index is 803. The molecule has 2 heterocycles. The molecule has 28 heavy (non-hydrogen) atoms. The molecule has 2 atom stereocenters. The number of anilines is 1. The number of nitrogens with zero attached hydrogens (tertiary/aromatic N) is 2. The highest BCUT2D eigenvalue weighted by molar-refractivity contribution is 7.13. The van der Waals surface area contributed by atoms with E-state index in [0.717, 1.165) is 31.5 Å². The van der Waals surface area contributed by atoms with Crippen LogP contribution in [0.3, 0.4) is 0 Å². The van der Waals surface area contributed by atoms with Gasteiger partial charge >= 0.3 is 0 Å². The number of benzene rings is 1. The molecule has 1 N–H and O–H groups in total. The normalized spacial score (nSPS) is 17.7. The van der Waals surface area contributed by atoms with Crippen LogP contribution in [0.1, 0.15) is 57.2 Å². The van der Waals surface area contributed by atoms with Gasteiger partial charge in [-0.2, -0.15) is 0 Å². The van der Waals surface area contributed by atoms with Crippen molar-refractivity contribution in [3.63, 3.8) is 0 Å². The van der Waals surface area contributed by atoms with Gasteiger partial charge < -0.3 is 10.2 Å². The zero-order chi connectivity index (χ0) is 20.1. The van der Waals surface area contributed by atoms with Crippen molar-refractivity contribution in [2.75, 3.05) is 11.9 Å². The van der Waals surface area contributed by atoms with Gasteiger partial charge in [-0.25, -0.2) is 4.98 Å². The minimum absolute atomic E-state index is 0.0551. The van der Waals surface area contributed by atoms with E-state index in [-0.39, 0.29) is 30.2 Å². The van der Waals surface area contributed by atoms with E-state index >= 15 is 0 Å². The van der Waals surface area contributed by atoms with Gasteiger partial charge in [0.25, 0.3) is 0 Å². The molecule has 0 unspecified atom stereocenters. The number of nitrogens with one attached hydrogen (secondary N) is 1. The monoisotopic (exact) mass is 399 g/mol. The van der Waals surface area contributed by atoms with Gasteiger partial charge in [-0.15, -0.1) is 11.3 Å². The van der Waals surface area contributed by atoms with Gasteiger partial charge in [-0.05, 0) is 24.8 Å². The fourth-order valence-corrected chi connectivity index (χ4v) is 4.62. The van der Waals surface area contributed by atoms with Gasteiger partial charge in [0.2, 0.25) is 11.8 Å². The van der Waals surface area contributed by atoms with Crippen LogP contribution in [-0.4, -0.2) is 34.3 Å². The van der Waals surface area contributed by atoms with Crippen molar-refractivity contribution < 1.29 is 9.59 Å². The van der Waals surface area contributed by atoms with E-state index in [1.165, 1.54) is 16.9 Å². The van der Waals surface area contributed by atoms with Crippen molar-refractivity contribution in [1.29, 1.82) is 0 Å². The van der Waals surface area contributed by atoms with Crippen molar-refractivity contribution in [3.05, 3.63) is 47.0 Å². The van der Waals surface area contributed by atoms with E-state index in [0.29, 0.717) is 11.0 Å². The lowest BCUT2D eigenvalue weighted by molar-refractivity contribution is -0.131. The van der Waals surface area contributed by atoms with Crippen LogP contribution in [0.2, 0.25) is 0 Å². The van der Waals surface area contributed by atoms with Crippen LogP contribution in [0, 0.1) is 5.92 Å². The molecule has 6 heteroatoms. The Balaban J connectivity index is 1.66. The molecule has 5 nitrogen and oxygen atoms in total. The molecular formula is C22H29N3O2S. The van der Waals surface area contributed by atoms with Crippen LogP contribution < -0.4 is 5.32 Å². The van der Waals surface area contributed by atoms with Crippen LogP contribution >= 0.6 is 11.3 Å². The zero-order valence-corrected chi connectivity index (χ0v) is 17.7. The first kappa shape index (κ1) is 20.5. The second-order valence-corrected chi connectivity index (χ2v) is 8.54. The van der Waals surface area contributed by atoms with Crippen molar-refractivity contribution in [3.8, 4) is 0 Å². The maximum absolute atomic E-state index is 13.0. The van der Waals surface area contributed by atoms with Crippen molar-refractivity contribution >= 4 is 28.3 Å². The van der Waals surface area contributed by atoms with Gasteiger partial charge in [0.05, 0.1) is 12.1 Å². The number of likely N-dealkylation sites (tertiary alicyclic amines) is 1. The Labute approximate surface area is 171 Å². The second-order valence-electron chi connectivity index (χ2n) is 7.69. The summed E-state index contributed by atoms with van der Waals surface area (Å²) in [5.74, 6) is 0.344. The fraction of sp³-hybridized carbons (Fsp3) is 0.500. The maximum atomic E-state index is 13.0. The van der Waals surface area contributed by atoms with Gasteiger partial charge in [0, 0.05) is 29.8 Å². The summed E-state index contributed by atoms with van der Waals surface area (Å²) in [6.45, 7) is 6.70. The smallest absolute Gasteiger partial charge is 0.228 e. The first-order valence-corrected chi connectivity index (χ1v) is 11.0. The summed E-state index contributed by atoms with van der Waals surface area (Å²) in [6, 6.07) is 10.8. The summed E-state index contributed by atoms with van der Waals surface area (Å²) in [6.07, 6.45) is 3.40. The molecule has 1 aliphatic heterocycles. The standard InChI is InChI=1S/C22H29N3O2S/c1-4-18(16-9-6-5-7-10-16)19-11-8-12-25(19)20(26)13-17-14-28-22(23-17)24-21(27)15(2)3/h5-7,9-10,14-15,18-19H,4,8,11-13H2,1-3H3,(H,23,24,27)/t18-,19-/m1/s1. The van der Waals surface area contributed by atoms with Gasteiger partial charge in [-0.3, -0.25) is 9.59 Å². The number of carbonyl (C=O) groups excluding carboxylic acids is 2. The average molecular weight is 400 g/mol. The summed E-state index contributed by atoms with van der Waals surface area (Å²) >= 11 is 1.37. The van der Waals surface area contributed by atoms with E-state index in [2.05, 4.69) is 41.5 Å². The molecule has 1 aromatic carbocycles. The molecule has 1 aromatic heterocycles. The van der Waals surface area contributed by atoms with Crippen LogP contribution in [0.15, 0.2) is 35.7 Å². The number of thiazole rings is 1. The molecule has 0 radical (unpaired) electrons. The Morgan fingerprint density at radius 2 is 2.04 bits per heavy atom. The van der Waals surface area contributed by atoms with E-state index in [1.807, 2.05) is 30.2 Å². The molecular weight excluding hydrogens is 370 g/mol. The molecule has 2 amide bonds. The number of amides is 2. The largest absolute Gasteiger partial charge is 0.339 e. The minimum Gasteiger partial charge on any atom is -0.339 e. The van der Waals surface area contributed by atoms with Crippen molar-refractivity contribution in [2.45, 2.75) is 58.4 Å². The lowest BCUT2D eigenvalue weighted by atomic mass is 9.87. The lowest BCUT2D eigenvalue weighted by Gasteiger charge is -2.31. The number of hydrogen-bond acceptors (Lipinski definition) is 4.